The number of rotatable bonds is 5. The Bertz CT molecular complexity index is 854. The fourth-order valence-corrected chi connectivity index (χ4v) is 3.65. The fourth-order valence-electron chi connectivity index (χ4n) is 2.57. The van der Waals surface area contributed by atoms with Gasteiger partial charge in [-0.2, -0.15) is 0 Å². The molecule has 144 valence electrons. The van der Waals surface area contributed by atoms with E-state index in [2.05, 4.69) is 29.2 Å². The summed E-state index contributed by atoms with van der Waals surface area (Å²) in [5, 5.41) is 5.36. The van der Waals surface area contributed by atoms with Gasteiger partial charge < -0.3 is 10.1 Å². The summed E-state index contributed by atoms with van der Waals surface area (Å²) in [7, 11) is 1.18. The quantitative estimate of drug-likeness (QED) is 0.805. The van der Waals surface area contributed by atoms with Gasteiger partial charge in [-0.3, -0.25) is 14.9 Å². The molecule has 0 saturated heterocycles. The molecule has 0 atom stereocenters. The molecular formula is C20H24N2O4S. The van der Waals surface area contributed by atoms with Gasteiger partial charge in [0, 0.05) is 4.88 Å². The maximum atomic E-state index is 12.4. The van der Waals surface area contributed by atoms with E-state index in [-0.39, 0.29) is 17.9 Å². The van der Waals surface area contributed by atoms with Crippen molar-refractivity contribution >= 4 is 34.2 Å². The molecule has 27 heavy (non-hydrogen) atoms. The molecule has 2 aromatic rings. The van der Waals surface area contributed by atoms with Gasteiger partial charge in [0.15, 0.2) is 0 Å². The van der Waals surface area contributed by atoms with Gasteiger partial charge in [0.05, 0.1) is 19.1 Å². The van der Waals surface area contributed by atoms with Crippen molar-refractivity contribution in [3.8, 4) is 0 Å². The maximum Gasteiger partial charge on any atom is 0.413 e. The van der Waals surface area contributed by atoms with Gasteiger partial charge >= 0.3 is 6.09 Å². The molecule has 1 aromatic heterocycles. The van der Waals surface area contributed by atoms with Crippen LogP contribution in [0.1, 0.15) is 51.7 Å². The van der Waals surface area contributed by atoms with E-state index in [1.807, 2.05) is 31.2 Å². The molecule has 6 nitrogen and oxygen atoms in total. The summed E-state index contributed by atoms with van der Waals surface area (Å²) < 4.78 is 4.46. The smallest absolute Gasteiger partial charge is 0.413 e. The molecule has 0 aliphatic heterocycles. The predicted octanol–water partition coefficient (Wildman–Crippen LogP) is 4.17. The lowest BCUT2D eigenvalue weighted by Crippen LogP contribution is -2.31. The largest absolute Gasteiger partial charge is 0.453 e. The molecule has 7 heteroatoms. The fraction of sp³-hybridized carbons (Fsp3) is 0.350. The van der Waals surface area contributed by atoms with Crippen molar-refractivity contribution in [1.82, 2.24) is 5.32 Å². The molecule has 0 fully saturated rings. The molecule has 1 heterocycles. The number of anilines is 1. The van der Waals surface area contributed by atoms with E-state index in [0.29, 0.717) is 10.9 Å². The van der Waals surface area contributed by atoms with Crippen molar-refractivity contribution in [2.75, 3.05) is 12.4 Å². The van der Waals surface area contributed by atoms with E-state index >= 15 is 0 Å². The molecule has 0 spiro atoms. The Hall–Kier alpha value is -2.67. The molecular weight excluding hydrogens is 364 g/mol. The highest BCUT2D eigenvalue weighted by Gasteiger charge is 2.22. The van der Waals surface area contributed by atoms with E-state index in [4.69, 9.17) is 0 Å². The lowest BCUT2D eigenvalue weighted by atomic mass is 10.0. The molecule has 2 rings (SSSR count). The third-order valence-corrected chi connectivity index (χ3v) is 5.40. The number of hydrogen-bond donors (Lipinski definition) is 2. The molecule has 0 unspecified atom stereocenters. The Morgan fingerprint density at radius 1 is 1.11 bits per heavy atom. The van der Waals surface area contributed by atoms with E-state index in [1.165, 1.54) is 24.0 Å². The molecule has 1 aromatic carbocycles. The van der Waals surface area contributed by atoms with Gasteiger partial charge in [0.25, 0.3) is 5.91 Å². The molecule has 2 N–H and O–H groups in total. The second-order valence-electron chi connectivity index (χ2n) is 6.55. The lowest BCUT2D eigenvalue weighted by Gasteiger charge is -2.09. The van der Waals surface area contributed by atoms with Crippen LogP contribution in [0.4, 0.5) is 9.80 Å². The summed E-state index contributed by atoms with van der Waals surface area (Å²) in [5.74, 6) is -0.387. The van der Waals surface area contributed by atoms with Crippen LogP contribution in [0.5, 0.6) is 0 Å². The van der Waals surface area contributed by atoms with Crippen LogP contribution in [0.2, 0.25) is 0 Å². The average molecular weight is 388 g/mol. The Morgan fingerprint density at radius 3 is 2.30 bits per heavy atom. The number of thiophene rings is 1. The number of imide groups is 1. The highest BCUT2D eigenvalue weighted by Crippen LogP contribution is 2.32. The number of aryl methyl sites for hydroxylation is 1. The minimum absolute atomic E-state index is 0.201. The van der Waals surface area contributed by atoms with Crippen LogP contribution < -0.4 is 10.6 Å². The Kier molecular flexibility index (Phi) is 6.74. The third kappa shape index (κ3) is 5.17. The van der Waals surface area contributed by atoms with E-state index in [9.17, 15) is 14.4 Å². The summed E-state index contributed by atoms with van der Waals surface area (Å²) in [5.41, 5.74) is 3.11. The summed E-state index contributed by atoms with van der Waals surface area (Å²) in [6.07, 6.45) is -0.641. The van der Waals surface area contributed by atoms with E-state index in [0.717, 1.165) is 16.0 Å². The van der Waals surface area contributed by atoms with Gasteiger partial charge in [-0.25, -0.2) is 4.79 Å². The topological polar surface area (TPSA) is 84.5 Å². The van der Waals surface area contributed by atoms with Crippen LogP contribution in [0.25, 0.3) is 0 Å². The number of benzene rings is 1. The van der Waals surface area contributed by atoms with Crippen molar-refractivity contribution in [1.29, 1.82) is 0 Å². The summed E-state index contributed by atoms with van der Waals surface area (Å²) in [6, 6.07) is 7.90. The van der Waals surface area contributed by atoms with Crippen molar-refractivity contribution in [2.45, 2.75) is 40.0 Å². The van der Waals surface area contributed by atoms with Crippen LogP contribution in [0.15, 0.2) is 24.3 Å². The first kappa shape index (κ1) is 20.6. The van der Waals surface area contributed by atoms with Crippen LogP contribution in [-0.4, -0.2) is 25.0 Å². The molecule has 0 saturated carbocycles. The number of carbonyl (C=O) groups is 3. The van der Waals surface area contributed by atoms with Crippen LogP contribution in [0, 0.1) is 13.8 Å². The van der Waals surface area contributed by atoms with Crippen LogP contribution in [-0.2, 0) is 16.0 Å². The Balaban J connectivity index is 2.14. The van der Waals surface area contributed by atoms with Crippen molar-refractivity contribution < 1.29 is 19.1 Å². The molecule has 0 aliphatic rings. The standard InChI is InChI=1S/C20H24N2O4S/c1-11(2)15-8-6-14(7-9-15)10-16(23)21-19-17(12(3)13(4)27-19)18(24)22-20(25)26-5/h6-9,11H,10H2,1-5H3,(H,21,23)(H,22,24,25). The van der Waals surface area contributed by atoms with Crippen LogP contribution in [0.3, 0.4) is 0 Å². The highest BCUT2D eigenvalue weighted by molar-refractivity contribution is 7.16. The number of hydrogen-bond acceptors (Lipinski definition) is 5. The average Bonchev–Trinajstić information content (AvgIpc) is 2.88. The zero-order valence-corrected chi connectivity index (χ0v) is 17.0. The number of amides is 3. The number of nitrogens with one attached hydrogen (secondary N) is 2. The van der Waals surface area contributed by atoms with E-state index < -0.39 is 12.0 Å². The number of alkyl carbamates (subject to hydrolysis) is 1. The Labute approximate surface area is 162 Å². The van der Waals surface area contributed by atoms with Gasteiger partial charge in [0.1, 0.15) is 5.00 Å². The molecule has 0 radical (unpaired) electrons. The first-order valence-corrected chi connectivity index (χ1v) is 9.42. The monoisotopic (exact) mass is 388 g/mol. The van der Waals surface area contributed by atoms with Gasteiger partial charge in [-0.05, 0) is 36.5 Å². The minimum Gasteiger partial charge on any atom is -0.453 e. The van der Waals surface area contributed by atoms with Crippen molar-refractivity contribution in [2.24, 2.45) is 0 Å². The van der Waals surface area contributed by atoms with E-state index in [1.54, 1.807) is 6.92 Å². The highest BCUT2D eigenvalue weighted by atomic mass is 32.1. The summed E-state index contributed by atoms with van der Waals surface area (Å²) in [4.78, 5) is 37.0. The lowest BCUT2D eigenvalue weighted by molar-refractivity contribution is -0.115. The zero-order chi connectivity index (χ0) is 20.1. The summed E-state index contributed by atoms with van der Waals surface area (Å²) >= 11 is 1.30. The zero-order valence-electron chi connectivity index (χ0n) is 16.1. The normalized spacial score (nSPS) is 10.6. The van der Waals surface area contributed by atoms with Crippen LogP contribution >= 0.6 is 11.3 Å². The minimum atomic E-state index is -0.842. The number of methoxy groups -OCH3 is 1. The second kappa shape index (κ2) is 8.81. The van der Waals surface area contributed by atoms with Crippen molar-refractivity contribution in [3.05, 3.63) is 51.4 Å². The first-order chi connectivity index (χ1) is 12.7. The molecule has 3 amide bonds. The van der Waals surface area contributed by atoms with Crippen molar-refractivity contribution in [3.63, 3.8) is 0 Å². The van der Waals surface area contributed by atoms with Gasteiger partial charge in [0.2, 0.25) is 5.91 Å². The summed E-state index contributed by atoms with van der Waals surface area (Å²) in [6.45, 7) is 7.86. The predicted molar refractivity (Wildman–Crippen MR) is 107 cm³/mol. The van der Waals surface area contributed by atoms with Gasteiger partial charge in [-0.15, -0.1) is 11.3 Å². The molecule has 0 bridgehead atoms. The van der Waals surface area contributed by atoms with Gasteiger partial charge in [-0.1, -0.05) is 38.1 Å². The first-order valence-electron chi connectivity index (χ1n) is 8.60. The second-order valence-corrected chi connectivity index (χ2v) is 7.78. The SMILES string of the molecule is COC(=O)NC(=O)c1c(NC(=O)Cc2ccc(C(C)C)cc2)sc(C)c1C. The Morgan fingerprint density at radius 2 is 1.74 bits per heavy atom. The number of ether oxygens (including phenoxy) is 1. The number of carbonyl (C=O) groups excluding carboxylic acids is 3. The maximum absolute atomic E-state index is 12.4. The molecule has 0 aliphatic carbocycles. The third-order valence-electron chi connectivity index (χ3n) is 4.28.